The summed E-state index contributed by atoms with van der Waals surface area (Å²) >= 11 is 0. The van der Waals surface area contributed by atoms with Gasteiger partial charge in [0.25, 0.3) is 0 Å². The molecule has 0 fully saturated rings. The summed E-state index contributed by atoms with van der Waals surface area (Å²) in [5.41, 5.74) is 1.24. The fraction of sp³-hybridized carbons (Fsp3) is 0.250. The molecule has 0 atom stereocenters. The van der Waals surface area contributed by atoms with E-state index in [0.29, 0.717) is 6.54 Å². The average molecular weight is 203 g/mol. The van der Waals surface area contributed by atoms with Crippen LogP contribution in [0.3, 0.4) is 0 Å². The maximum atomic E-state index is 4.09. The van der Waals surface area contributed by atoms with Crippen LogP contribution in [0.4, 0.5) is 0 Å². The highest BCUT2D eigenvalue weighted by atomic mass is 15.2. The van der Waals surface area contributed by atoms with Crippen LogP contribution in [-0.4, -0.2) is 19.6 Å². The number of rotatable bonds is 4. The van der Waals surface area contributed by atoms with Crippen molar-refractivity contribution in [1.82, 2.24) is 10.6 Å². The van der Waals surface area contributed by atoms with Gasteiger partial charge in [0.05, 0.1) is 0 Å². The Hall–Kier alpha value is -1.77. The largest absolute Gasteiger partial charge is 0.353 e. The lowest BCUT2D eigenvalue weighted by atomic mass is 10.2. The van der Waals surface area contributed by atoms with E-state index in [2.05, 4.69) is 34.3 Å². The SMILES string of the molecule is C=CCNC(=NC)NCc1ccccc1. The van der Waals surface area contributed by atoms with Crippen molar-refractivity contribution in [3.05, 3.63) is 48.6 Å². The minimum Gasteiger partial charge on any atom is -0.353 e. The molecule has 1 aromatic rings. The van der Waals surface area contributed by atoms with E-state index in [9.17, 15) is 0 Å². The van der Waals surface area contributed by atoms with E-state index in [4.69, 9.17) is 0 Å². The van der Waals surface area contributed by atoms with Crippen molar-refractivity contribution in [2.75, 3.05) is 13.6 Å². The number of nitrogens with one attached hydrogen (secondary N) is 2. The number of guanidine groups is 1. The number of hydrogen-bond donors (Lipinski definition) is 2. The molecule has 15 heavy (non-hydrogen) atoms. The molecule has 0 amide bonds. The maximum absolute atomic E-state index is 4.09. The average Bonchev–Trinajstić information content (AvgIpc) is 2.31. The van der Waals surface area contributed by atoms with Crippen molar-refractivity contribution in [3.63, 3.8) is 0 Å². The van der Waals surface area contributed by atoms with Crippen molar-refractivity contribution >= 4 is 5.96 Å². The van der Waals surface area contributed by atoms with E-state index in [-0.39, 0.29) is 0 Å². The van der Waals surface area contributed by atoms with Crippen LogP contribution in [0.1, 0.15) is 5.56 Å². The minimum atomic E-state index is 0.717. The van der Waals surface area contributed by atoms with Gasteiger partial charge in [-0.3, -0.25) is 4.99 Å². The molecule has 3 heteroatoms. The summed E-state index contributed by atoms with van der Waals surface area (Å²) in [6.07, 6.45) is 1.80. The molecule has 0 radical (unpaired) electrons. The first kappa shape index (κ1) is 11.3. The minimum absolute atomic E-state index is 0.717. The van der Waals surface area contributed by atoms with Crippen molar-refractivity contribution in [3.8, 4) is 0 Å². The van der Waals surface area contributed by atoms with Gasteiger partial charge in [-0.15, -0.1) is 6.58 Å². The van der Waals surface area contributed by atoms with Gasteiger partial charge in [0.1, 0.15) is 0 Å². The number of benzene rings is 1. The summed E-state index contributed by atoms with van der Waals surface area (Å²) in [6.45, 7) is 5.13. The van der Waals surface area contributed by atoms with Gasteiger partial charge in [-0.2, -0.15) is 0 Å². The third kappa shape index (κ3) is 4.31. The van der Waals surface area contributed by atoms with Crippen LogP contribution in [-0.2, 0) is 6.54 Å². The van der Waals surface area contributed by atoms with Gasteiger partial charge in [-0.25, -0.2) is 0 Å². The summed E-state index contributed by atoms with van der Waals surface area (Å²) in [5, 5.41) is 6.32. The Balaban J connectivity index is 2.38. The first-order chi connectivity index (χ1) is 7.36. The zero-order valence-electron chi connectivity index (χ0n) is 9.03. The third-order valence-corrected chi connectivity index (χ3v) is 1.94. The number of nitrogens with zero attached hydrogens (tertiary/aromatic N) is 1. The van der Waals surface area contributed by atoms with Gasteiger partial charge in [0.2, 0.25) is 0 Å². The molecule has 3 nitrogen and oxygen atoms in total. The monoisotopic (exact) mass is 203 g/mol. The van der Waals surface area contributed by atoms with Crippen LogP contribution in [0.15, 0.2) is 48.0 Å². The van der Waals surface area contributed by atoms with E-state index >= 15 is 0 Å². The summed E-state index contributed by atoms with van der Waals surface area (Å²) in [5.74, 6) is 0.791. The second-order valence-electron chi connectivity index (χ2n) is 3.08. The molecule has 0 saturated heterocycles. The van der Waals surface area contributed by atoms with Crippen molar-refractivity contribution in [2.45, 2.75) is 6.54 Å². The number of hydrogen-bond acceptors (Lipinski definition) is 1. The molecule has 80 valence electrons. The molecular formula is C12H17N3. The standard InChI is InChI=1S/C12H17N3/c1-3-9-14-12(13-2)15-10-11-7-5-4-6-8-11/h3-8H,1,9-10H2,2H3,(H2,13,14,15). The second-order valence-corrected chi connectivity index (χ2v) is 3.08. The van der Waals surface area contributed by atoms with Gasteiger partial charge >= 0.3 is 0 Å². The molecule has 0 unspecified atom stereocenters. The van der Waals surface area contributed by atoms with Crippen LogP contribution >= 0.6 is 0 Å². The first-order valence-corrected chi connectivity index (χ1v) is 4.96. The molecule has 0 heterocycles. The molecular weight excluding hydrogens is 186 g/mol. The Labute approximate surface area is 90.9 Å². The van der Waals surface area contributed by atoms with E-state index in [0.717, 1.165) is 12.5 Å². The fourth-order valence-corrected chi connectivity index (χ4v) is 1.17. The highest BCUT2D eigenvalue weighted by molar-refractivity contribution is 5.79. The molecule has 0 aliphatic heterocycles. The van der Waals surface area contributed by atoms with Crippen LogP contribution in [0.2, 0.25) is 0 Å². The topological polar surface area (TPSA) is 36.4 Å². The molecule has 0 bridgehead atoms. The molecule has 0 aromatic heterocycles. The van der Waals surface area contributed by atoms with Crippen LogP contribution in [0.25, 0.3) is 0 Å². The second kappa shape index (κ2) is 6.65. The normalized spacial score (nSPS) is 10.9. The van der Waals surface area contributed by atoms with E-state index in [1.54, 1.807) is 13.1 Å². The van der Waals surface area contributed by atoms with Gasteiger partial charge in [-0.05, 0) is 5.56 Å². The lowest BCUT2D eigenvalue weighted by Gasteiger charge is -2.10. The molecule has 0 saturated carbocycles. The molecule has 0 aliphatic rings. The molecule has 2 N–H and O–H groups in total. The van der Waals surface area contributed by atoms with Gasteiger partial charge in [0.15, 0.2) is 5.96 Å². The Morgan fingerprint density at radius 3 is 2.67 bits per heavy atom. The first-order valence-electron chi connectivity index (χ1n) is 4.96. The molecule has 0 aliphatic carbocycles. The lowest BCUT2D eigenvalue weighted by Crippen LogP contribution is -2.36. The van der Waals surface area contributed by atoms with E-state index < -0.39 is 0 Å². The van der Waals surface area contributed by atoms with Crippen molar-refractivity contribution in [2.24, 2.45) is 4.99 Å². The van der Waals surface area contributed by atoms with Crippen LogP contribution < -0.4 is 10.6 Å². The van der Waals surface area contributed by atoms with Crippen molar-refractivity contribution in [1.29, 1.82) is 0 Å². The predicted molar refractivity (Wildman–Crippen MR) is 64.8 cm³/mol. The fourth-order valence-electron chi connectivity index (χ4n) is 1.17. The van der Waals surface area contributed by atoms with Gasteiger partial charge < -0.3 is 10.6 Å². The number of aliphatic imine (C=N–C) groups is 1. The Bertz CT molecular complexity index is 317. The van der Waals surface area contributed by atoms with Crippen molar-refractivity contribution < 1.29 is 0 Å². The quantitative estimate of drug-likeness (QED) is 0.442. The highest BCUT2D eigenvalue weighted by Gasteiger charge is 1.95. The zero-order valence-corrected chi connectivity index (χ0v) is 9.03. The molecule has 1 rings (SSSR count). The molecule has 1 aromatic carbocycles. The summed E-state index contributed by atoms with van der Waals surface area (Å²) < 4.78 is 0. The van der Waals surface area contributed by atoms with Crippen LogP contribution in [0, 0.1) is 0 Å². The summed E-state index contributed by atoms with van der Waals surface area (Å²) in [7, 11) is 1.75. The summed E-state index contributed by atoms with van der Waals surface area (Å²) in [4.78, 5) is 4.09. The smallest absolute Gasteiger partial charge is 0.191 e. The Kier molecular flexibility index (Phi) is 5.01. The third-order valence-electron chi connectivity index (χ3n) is 1.94. The Morgan fingerprint density at radius 2 is 2.07 bits per heavy atom. The zero-order chi connectivity index (χ0) is 10.9. The van der Waals surface area contributed by atoms with E-state index in [1.165, 1.54) is 5.56 Å². The maximum Gasteiger partial charge on any atom is 0.191 e. The van der Waals surface area contributed by atoms with Gasteiger partial charge in [0, 0.05) is 20.1 Å². The Morgan fingerprint density at radius 1 is 1.33 bits per heavy atom. The predicted octanol–water partition coefficient (Wildman–Crippen LogP) is 1.54. The van der Waals surface area contributed by atoms with E-state index in [1.807, 2.05) is 18.2 Å². The lowest BCUT2D eigenvalue weighted by molar-refractivity contribution is 0.847. The van der Waals surface area contributed by atoms with Crippen LogP contribution in [0.5, 0.6) is 0 Å². The summed E-state index contributed by atoms with van der Waals surface area (Å²) in [6, 6.07) is 10.2. The molecule has 0 spiro atoms. The van der Waals surface area contributed by atoms with Gasteiger partial charge in [-0.1, -0.05) is 36.4 Å². The highest BCUT2D eigenvalue weighted by Crippen LogP contribution is 1.96.